The number of likely N-dealkylation sites (tertiary alicyclic amines) is 1. The first-order valence-electron chi connectivity index (χ1n) is 7.17. The average molecular weight is 336 g/mol. The van der Waals surface area contributed by atoms with Crippen molar-refractivity contribution in [3.05, 3.63) is 29.8 Å². The van der Waals surface area contributed by atoms with Crippen LogP contribution in [0.3, 0.4) is 0 Å². The van der Waals surface area contributed by atoms with E-state index in [-0.39, 0.29) is 23.2 Å². The van der Waals surface area contributed by atoms with E-state index in [4.69, 9.17) is 5.73 Å². The number of nitrogens with zero attached hydrogens (tertiary/aromatic N) is 2. The van der Waals surface area contributed by atoms with E-state index in [2.05, 4.69) is 9.71 Å². The lowest BCUT2D eigenvalue weighted by atomic mass is 10.1. The summed E-state index contributed by atoms with van der Waals surface area (Å²) < 4.78 is 28.1. The van der Waals surface area contributed by atoms with Crippen molar-refractivity contribution in [1.82, 2.24) is 10.2 Å². The maximum Gasteiger partial charge on any atom is 0.285 e. The molecule has 0 radical (unpaired) electrons. The minimum absolute atomic E-state index is 0.151. The molecule has 1 saturated heterocycles. The SMILES string of the molecule is NC(=O)CNC(=O)[C@@H]1CCCN1C1=NS(=O)(=O)c2ccccc21. The maximum atomic E-state index is 12.2. The van der Waals surface area contributed by atoms with Crippen LogP contribution in [0, 0.1) is 0 Å². The second-order valence-electron chi connectivity index (χ2n) is 5.42. The summed E-state index contributed by atoms with van der Waals surface area (Å²) in [4.78, 5) is 24.9. The summed E-state index contributed by atoms with van der Waals surface area (Å²) in [5.41, 5.74) is 5.53. The van der Waals surface area contributed by atoms with Crippen molar-refractivity contribution in [1.29, 1.82) is 0 Å². The lowest BCUT2D eigenvalue weighted by Gasteiger charge is -2.25. The van der Waals surface area contributed by atoms with Gasteiger partial charge in [0.05, 0.1) is 6.54 Å². The Kier molecular flexibility index (Phi) is 3.80. The van der Waals surface area contributed by atoms with E-state index in [1.165, 1.54) is 6.07 Å². The Balaban J connectivity index is 1.89. The second kappa shape index (κ2) is 5.65. The van der Waals surface area contributed by atoms with Crippen LogP contribution in [-0.4, -0.2) is 50.1 Å². The molecule has 3 N–H and O–H groups in total. The number of nitrogens with two attached hydrogens (primary N) is 1. The van der Waals surface area contributed by atoms with E-state index in [1.807, 2.05) is 0 Å². The minimum atomic E-state index is -3.73. The quantitative estimate of drug-likeness (QED) is 0.748. The molecule has 2 aliphatic heterocycles. The highest BCUT2D eigenvalue weighted by atomic mass is 32.2. The predicted molar refractivity (Wildman–Crippen MR) is 82.1 cm³/mol. The van der Waals surface area contributed by atoms with Gasteiger partial charge in [0.2, 0.25) is 11.8 Å². The zero-order valence-corrected chi connectivity index (χ0v) is 13.0. The molecule has 23 heavy (non-hydrogen) atoms. The van der Waals surface area contributed by atoms with Gasteiger partial charge >= 0.3 is 0 Å². The molecule has 122 valence electrons. The lowest BCUT2D eigenvalue weighted by Crippen LogP contribution is -2.47. The molecule has 9 heteroatoms. The Labute approximate surface area is 133 Å². The largest absolute Gasteiger partial charge is 0.368 e. The fourth-order valence-corrected chi connectivity index (χ4v) is 4.10. The Morgan fingerprint density at radius 3 is 2.83 bits per heavy atom. The first-order chi connectivity index (χ1) is 10.9. The molecule has 0 saturated carbocycles. The molecule has 0 unspecified atom stereocenters. The molecule has 0 aliphatic carbocycles. The summed E-state index contributed by atoms with van der Waals surface area (Å²) in [7, 11) is -3.73. The zero-order valence-electron chi connectivity index (χ0n) is 12.2. The predicted octanol–water partition coefficient (Wildman–Crippen LogP) is -0.799. The number of primary amides is 1. The Hall–Kier alpha value is -2.42. The van der Waals surface area contributed by atoms with Crippen LogP contribution < -0.4 is 11.1 Å². The molecule has 1 aromatic rings. The normalized spacial score (nSPS) is 21.7. The van der Waals surface area contributed by atoms with Crippen molar-refractivity contribution in [3.8, 4) is 0 Å². The average Bonchev–Trinajstić information content (AvgIpc) is 3.08. The van der Waals surface area contributed by atoms with Gasteiger partial charge < -0.3 is 16.0 Å². The highest BCUT2D eigenvalue weighted by Gasteiger charge is 2.39. The number of sulfonamides is 1. The topological polar surface area (TPSA) is 122 Å². The van der Waals surface area contributed by atoms with E-state index in [0.29, 0.717) is 18.5 Å². The van der Waals surface area contributed by atoms with Gasteiger partial charge in [0, 0.05) is 12.1 Å². The van der Waals surface area contributed by atoms with Crippen LogP contribution in [-0.2, 0) is 19.6 Å². The number of nitrogens with one attached hydrogen (secondary N) is 1. The monoisotopic (exact) mass is 336 g/mol. The Morgan fingerprint density at radius 1 is 1.35 bits per heavy atom. The molecule has 1 fully saturated rings. The summed E-state index contributed by atoms with van der Waals surface area (Å²) >= 11 is 0. The van der Waals surface area contributed by atoms with Gasteiger partial charge in [0.15, 0.2) is 5.84 Å². The molecule has 0 aromatic heterocycles. The van der Waals surface area contributed by atoms with E-state index in [0.717, 1.165) is 6.42 Å². The molecule has 1 atom stereocenters. The number of fused-ring (bicyclic) bond motifs is 1. The molecular formula is C14H16N4O4S. The Bertz CT molecular complexity index is 803. The number of amides is 2. The lowest BCUT2D eigenvalue weighted by molar-refractivity contribution is -0.127. The summed E-state index contributed by atoms with van der Waals surface area (Å²) in [6, 6.07) is 5.98. The van der Waals surface area contributed by atoms with Gasteiger partial charge in [-0.05, 0) is 25.0 Å². The third-order valence-corrected chi connectivity index (χ3v) is 5.20. The van der Waals surface area contributed by atoms with Crippen molar-refractivity contribution in [2.45, 2.75) is 23.8 Å². The van der Waals surface area contributed by atoms with Crippen molar-refractivity contribution in [2.24, 2.45) is 10.1 Å². The molecule has 8 nitrogen and oxygen atoms in total. The number of carbonyl (C=O) groups excluding carboxylic acids is 2. The third kappa shape index (κ3) is 2.79. The zero-order chi connectivity index (χ0) is 16.6. The fraction of sp³-hybridized carbons (Fsp3) is 0.357. The van der Waals surface area contributed by atoms with E-state index in [9.17, 15) is 18.0 Å². The highest BCUT2D eigenvalue weighted by molar-refractivity contribution is 7.90. The van der Waals surface area contributed by atoms with Crippen LogP contribution in [0.5, 0.6) is 0 Å². The third-order valence-electron chi connectivity index (χ3n) is 3.88. The minimum Gasteiger partial charge on any atom is -0.368 e. The van der Waals surface area contributed by atoms with Gasteiger partial charge in [-0.3, -0.25) is 9.59 Å². The van der Waals surface area contributed by atoms with Crippen LogP contribution in [0.15, 0.2) is 33.6 Å². The van der Waals surface area contributed by atoms with Gasteiger partial charge in [-0.15, -0.1) is 4.40 Å². The van der Waals surface area contributed by atoms with Gasteiger partial charge in [-0.2, -0.15) is 8.42 Å². The summed E-state index contributed by atoms with van der Waals surface area (Å²) in [5, 5.41) is 2.46. The molecule has 0 bridgehead atoms. The van der Waals surface area contributed by atoms with E-state index < -0.39 is 22.0 Å². The number of hydrogen-bond donors (Lipinski definition) is 2. The van der Waals surface area contributed by atoms with Gasteiger partial charge in [0.25, 0.3) is 10.0 Å². The van der Waals surface area contributed by atoms with Crippen LogP contribution in [0.2, 0.25) is 0 Å². The smallest absolute Gasteiger partial charge is 0.285 e. The van der Waals surface area contributed by atoms with Crippen LogP contribution in [0.4, 0.5) is 0 Å². The second-order valence-corrected chi connectivity index (χ2v) is 6.99. The fourth-order valence-electron chi connectivity index (χ4n) is 2.88. The van der Waals surface area contributed by atoms with Crippen LogP contribution in [0.1, 0.15) is 18.4 Å². The number of hydrogen-bond acceptors (Lipinski definition) is 5. The molecule has 2 aliphatic rings. The summed E-state index contributed by atoms with van der Waals surface area (Å²) in [6.07, 6.45) is 1.29. The van der Waals surface area contributed by atoms with E-state index in [1.54, 1.807) is 23.1 Å². The van der Waals surface area contributed by atoms with Crippen LogP contribution in [0.25, 0.3) is 0 Å². The molecule has 2 amide bonds. The number of amidine groups is 1. The summed E-state index contributed by atoms with van der Waals surface area (Å²) in [5.74, 6) is -0.697. The van der Waals surface area contributed by atoms with E-state index >= 15 is 0 Å². The van der Waals surface area contributed by atoms with Gasteiger partial charge in [-0.1, -0.05) is 12.1 Å². The molecule has 2 heterocycles. The number of rotatable bonds is 3. The first kappa shape index (κ1) is 15.5. The van der Waals surface area contributed by atoms with Crippen molar-refractivity contribution in [2.75, 3.05) is 13.1 Å². The molecular weight excluding hydrogens is 320 g/mol. The Morgan fingerprint density at radius 2 is 2.09 bits per heavy atom. The van der Waals surface area contributed by atoms with Gasteiger partial charge in [0.1, 0.15) is 10.9 Å². The maximum absolute atomic E-state index is 12.2. The van der Waals surface area contributed by atoms with Crippen LogP contribution >= 0.6 is 0 Å². The summed E-state index contributed by atoms with van der Waals surface area (Å²) in [6.45, 7) is 0.280. The van der Waals surface area contributed by atoms with Crippen molar-refractivity contribution in [3.63, 3.8) is 0 Å². The van der Waals surface area contributed by atoms with Crippen molar-refractivity contribution < 1.29 is 18.0 Å². The highest BCUT2D eigenvalue weighted by Crippen LogP contribution is 2.31. The standard InChI is InChI=1S/C14H16N4O4S/c15-12(19)8-16-14(20)10-5-3-7-18(10)13-9-4-1-2-6-11(9)23(21,22)17-13/h1-2,4,6,10H,3,5,7-8H2,(H2,15,19)(H,16,20)/t10-/m0/s1. The molecule has 0 spiro atoms. The molecule has 1 aromatic carbocycles. The van der Waals surface area contributed by atoms with Gasteiger partial charge in [-0.25, -0.2) is 0 Å². The molecule has 3 rings (SSSR count). The first-order valence-corrected chi connectivity index (χ1v) is 8.61. The number of benzene rings is 1. The number of carbonyl (C=O) groups is 2. The van der Waals surface area contributed by atoms with Crippen molar-refractivity contribution >= 4 is 27.7 Å².